The first-order valence-corrected chi connectivity index (χ1v) is 16.3. The number of nitrogens with one attached hydrogen (secondary N) is 1. The lowest BCUT2D eigenvalue weighted by atomic mass is 9.93. The predicted molar refractivity (Wildman–Crippen MR) is 180 cm³/mol. The molecule has 3 aromatic heterocycles. The SMILES string of the molecule is C[C@@H](Nc1nc(OC[C@]2(C)C[C@]3(CN2C)CC3(F)F)nc2c(F)c(-c3ccc(F)c4sc(N)c(C#N)c34)c(Cl)c(O)c12)c1cccnc1N. The number of nitrogens with zero attached hydrogens (tertiary/aromatic N) is 5. The van der Waals surface area contributed by atoms with E-state index < -0.39 is 50.8 Å². The molecule has 7 rings (SSSR count). The zero-order valence-electron chi connectivity index (χ0n) is 26.3. The van der Waals surface area contributed by atoms with Crippen LogP contribution in [0.25, 0.3) is 32.1 Å². The molecule has 0 radical (unpaired) electrons. The van der Waals surface area contributed by atoms with Crippen LogP contribution in [-0.2, 0) is 0 Å². The third-order valence-corrected chi connectivity index (χ3v) is 11.2. The molecule has 6 N–H and O–H groups in total. The van der Waals surface area contributed by atoms with Crippen LogP contribution in [0, 0.1) is 28.4 Å². The maximum absolute atomic E-state index is 16.9. The zero-order valence-corrected chi connectivity index (χ0v) is 27.9. The number of phenols is 1. The maximum Gasteiger partial charge on any atom is 0.319 e. The van der Waals surface area contributed by atoms with Crippen LogP contribution >= 0.6 is 22.9 Å². The lowest BCUT2D eigenvalue weighted by Crippen LogP contribution is -2.43. The van der Waals surface area contributed by atoms with Gasteiger partial charge >= 0.3 is 6.01 Å². The number of pyridine rings is 1. The van der Waals surface area contributed by atoms with Gasteiger partial charge < -0.3 is 26.6 Å². The average Bonchev–Trinajstić information content (AvgIpc) is 3.26. The normalized spacial score (nSPS) is 22.1. The Morgan fingerprint density at radius 1 is 1.20 bits per heavy atom. The van der Waals surface area contributed by atoms with E-state index in [0.717, 1.165) is 17.4 Å². The molecule has 4 heterocycles. The summed E-state index contributed by atoms with van der Waals surface area (Å²) in [6, 6.07) is 6.78. The van der Waals surface area contributed by atoms with Crippen molar-refractivity contribution in [2.75, 3.05) is 37.0 Å². The van der Waals surface area contributed by atoms with Gasteiger partial charge in [-0.25, -0.2) is 22.5 Å². The zero-order chi connectivity index (χ0) is 35.2. The molecule has 1 aliphatic heterocycles. The Morgan fingerprint density at radius 2 is 1.94 bits per heavy atom. The number of rotatable bonds is 7. The molecule has 2 fully saturated rings. The fourth-order valence-electron chi connectivity index (χ4n) is 6.95. The van der Waals surface area contributed by atoms with E-state index in [9.17, 15) is 23.5 Å². The Labute approximate surface area is 286 Å². The Morgan fingerprint density at radius 3 is 2.59 bits per heavy atom. The number of nitrogen functional groups attached to an aromatic ring is 2. The number of nitriles is 1. The molecule has 3 atom stereocenters. The summed E-state index contributed by atoms with van der Waals surface area (Å²) in [5, 5.41) is 23.9. The lowest BCUT2D eigenvalue weighted by Gasteiger charge is -2.31. The minimum absolute atomic E-state index is 0.00319. The van der Waals surface area contributed by atoms with E-state index in [4.69, 9.17) is 27.8 Å². The summed E-state index contributed by atoms with van der Waals surface area (Å²) >= 11 is 7.50. The van der Waals surface area contributed by atoms with E-state index in [1.807, 2.05) is 11.0 Å². The number of ether oxygens (including phenoxy) is 1. The molecule has 1 aliphatic carbocycles. The molecule has 254 valence electrons. The highest BCUT2D eigenvalue weighted by Crippen LogP contribution is 2.67. The van der Waals surface area contributed by atoms with Gasteiger partial charge in [-0.1, -0.05) is 23.7 Å². The first kappa shape index (κ1) is 32.9. The van der Waals surface area contributed by atoms with E-state index in [1.54, 1.807) is 33.0 Å². The molecule has 0 amide bonds. The average molecular weight is 713 g/mol. The Hall–Kier alpha value is -4.65. The van der Waals surface area contributed by atoms with Crippen LogP contribution < -0.4 is 21.5 Å². The van der Waals surface area contributed by atoms with Crippen molar-refractivity contribution in [1.29, 1.82) is 5.26 Å². The van der Waals surface area contributed by atoms with Gasteiger partial charge in [0.05, 0.1) is 37.7 Å². The molecule has 1 saturated heterocycles. The number of hydrogen-bond acceptors (Lipinski definition) is 11. The molecule has 5 aromatic rings. The number of phenolic OH excluding ortho intramolecular Hbond substituents is 1. The standard InChI is InChI=1S/C33H29ClF4N8O2S/c1-14(15-5-4-8-42-27(15)40)43-29-21-24(44-30(45-29)48-13-31(2)10-32(12-46(31)3)11-33(32,37)38)23(36)20(22(34)25(21)47)16-6-7-18(35)26-19(16)17(9-39)28(41)49-26/h4-8,14,47H,10-13,41H2,1-3H3,(H2,40,42)(H,43,44,45)/t14-,31+,32-/m1/s1. The number of fused-ring (bicyclic) bond motifs is 2. The summed E-state index contributed by atoms with van der Waals surface area (Å²) in [7, 11) is 1.74. The fraction of sp³-hybridized carbons (Fsp3) is 0.333. The van der Waals surface area contributed by atoms with Gasteiger partial charge in [0.25, 0.3) is 5.92 Å². The minimum atomic E-state index is -2.76. The van der Waals surface area contributed by atoms with Crippen molar-refractivity contribution in [2.24, 2.45) is 5.41 Å². The van der Waals surface area contributed by atoms with Crippen molar-refractivity contribution >= 4 is 60.6 Å². The molecule has 0 bridgehead atoms. The Kier molecular flexibility index (Phi) is 7.51. The number of anilines is 3. The second-order valence-electron chi connectivity index (χ2n) is 13.0. The van der Waals surface area contributed by atoms with E-state index >= 15 is 4.39 Å². The summed E-state index contributed by atoms with van der Waals surface area (Å²) in [6.45, 7) is 3.62. The van der Waals surface area contributed by atoms with Crippen molar-refractivity contribution < 1.29 is 27.4 Å². The van der Waals surface area contributed by atoms with Gasteiger partial charge in [-0.05, 0) is 45.0 Å². The fourth-order valence-corrected chi connectivity index (χ4v) is 8.18. The summed E-state index contributed by atoms with van der Waals surface area (Å²) in [5.41, 5.74) is 9.89. The van der Waals surface area contributed by atoms with E-state index in [0.29, 0.717) is 5.56 Å². The topological polar surface area (TPSA) is 159 Å². The molecule has 16 heteroatoms. The Balaban J connectivity index is 1.39. The van der Waals surface area contributed by atoms with Crippen molar-refractivity contribution in [2.45, 2.75) is 44.2 Å². The van der Waals surface area contributed by atoms with Crippen molar-refractivity contribution in [1.82, 2.24) is 19.9 Å². The van der Waals surface area contributed by atoms with Gasteiger partial charge in [-0.2, -0.15) is 15.2 Å². The summed E-state index contributed by atoms with van der Waals surface area (Å²) in [4.78, 5) is 14.7. The predicted octanol–water partition coefficient (Wildman–Crippen LogP) is 7.25. The van der Waals surface area contributed by atoms with Crippen LogP contribution in [0.2, 0.25) is 5.02 Å². The second-order valence-corrected chi connectivity index (χ2v) is 14.4. The number of aromatic hydroxyl groups is 1. The molecule has 1 saturated carbocycles. The number of nitrogens with two attached hydrogens (primary N) is 2. The van der Waals surface area contributed by atoms with Crippen LogP contribution in [0.3, 0.4) is 0 Å². The quantitative estimate of drug-likeness (QED) is 0.127. The van der Waals surface area contributed by atoms with Crippen LogP contribution in [-0.4, -0.2) is 56.6 Å². The van der Waals surface area contributed by atoms with Crippen LogP contribution in [0.4, 0.5) is 34.2 Å². The van der Waals surface area contributed by atoms with Gasteiger partial charge in [-0.3, -0.25) is 4.90 Å². The number of benzene rings is 2. The summed E-state index contributed by atoms with van der Waals surface area (Å²) in [5.74, 6) is -4.92. The first-order chi connectivity index (χ1) is 23.1. The Bertz CT molecular complexity index is 2250. The highest BCUT2D eigenvalue weighted by Gasteiger charge is 2.75. The largest absolute Gasteiger partial charge is 0.506 e. The van der Waals surface area contributed by atoms with Crippen LogP contribution in [0.5, 0.6) is 11.8 Å². The highest BCUT2D eigenvalue weighted by atomic mass is 35.5. The first-order valence-electron chi connectivity index (χ1n) is 15.1. The number of alkyl halides is 2. The second kappa shape index (κ2) is 11.2. The summed E-state index contributed by atoms with van der Waals surface area (Å²) in [6.07, 6.45) is 1.48. The smallest absolute Gasteiger partial charge is 0.319 e. The van der Waals surface area contributed by atoms with Crippen molar-refractivity contribution in [3.63, 3.8) is 0 Å². The monoisotopic (exact) mass is 712 g/mol. The molecule has 2 aliphatic rings. The van der Waals surface area contributed by atoms with E-state index in [1.165, 1.54) is 12.3 Å². The number of hydrogen-bond donors (Lipinski definition) is 4. The number of thiophene rings is 1. The van der Waals surface area contributed by atoms with Crippen molar-refractivity contribution in [3.05, 3.63) is 58.2 Å². The molecular weight excluding hydrogens is 684 g/mol. The van der Waals surface area contributed by atoms with Gasteiger partial charge in [-0.15, -0.1) is 11.3 Å². The number of halogens is 5. The third kappa shape index (κ3) is 5.03. The van der Waals surface area contributed by atoms with Gasteiger partial charge in [0.1, 0.15) is 46.4 Å². The number of aromatic nitrogens is 3. The highest BCUT2D eigenvalue weighted by molar-refractivity contribution is 7.23. The number of likely N-dealkylation sites (tertiary alicyclic amines) is 1. The molecular formula is C33H29ClF4N8O2S. The van der Waals surface area contributed by atoms with E-state index in [2.05, 4.69) is 20.3 Å². The molecule has 10 nitrogen and oxygen atoms in total. The minimum Gasteiger partial charge on any atom is -0.506 e. The molecule has 1 spiro atoms. The lowest BCUT2D eigenvalue weighted by molar-refractivity contribution is 0.0661. The summed E-state index contributed by atoms with van der Waals surface area (Å²) < 4.78 is 66.5. The van der Waals surface area contributed by atoms with Gasteiger partial charge in [0.2, 0.25) is 0 Å². The van der Waals surface area contributed by atoms with Gasteiger partial charge in [0.15, 0.2) is 5.82 Å². The molecule has 0 unspecified atom stereocenters. The molecule has 49 heavy (non-hydrogen) atoms. The van der Waals surface area contributed by atoms with Crippen LogP contribution in [0.1, 0.15) is 43.9 Å². The van der Waals surface area contributed by atoms with Crippen LogP contribution in [0.15, 0.2) is 30.5 Å². The van der Waals surface area contributed by atoms with Gasteiger partial charge in [0, 0.05) is 35.7 Å². The van der Waals surface area contributed by atoms with E-state index in [-0.39, 0.29) is 80.8 Å². The number of likely N-dealkylation sites (N-methyl/N-ethyl adjacent to an activating group) is 1. The third-order valence-electron chi connectivity index (χ3n) is 9.77. The molecule has 2 aromatic carbocycles. The maximum atomic E-state index is 16.9. The van der Waals surface area contributed by atoms with Crippen molar-refractivity contribution in [3.8, 4) is 29.0 Å².